The minimum Gasteiger partial charge on any atom is -0.493 e. The Morgan fingerprint density at radius 2 is 1.62 bits per heavy atom. The highest BCUT2D eigenvalue weighted by molar-refractivity contribution is 7.30. The molecule has 0 N–H and O–H groups in total. The number of hydrogen-bond donors (Lipinski definition) is 0. The first-order valence-electron chi connectivity index (χ1n) is 11.0. The second-order valence-corrected chi connectivity index (χ2v) is 9.88. The quantitative estimate of drug-likeness (QED) is 0.362. The second kappa shape index (κ2) is 9.30. The van der Waals surface area contributed by atoms with Crippen LogP contribution in [0.15, 0.2) is 59.2 Å². The average Bonchev–Trinajstić information content (AvgIpc) is 3.45. The highest BCUT2D eigenvalue weighted by Crippen LogP contribution is 2.38. The molecule has 2 aromatic heterocycles. The van der Waals surface area contributed by atoms with E-state index < -0.39 is 0 Å². The van der Waals surface area contributed by atoms with Crippen LogP contribution in [0.3, 0.4) is 0 Å². The fourth-order valence-corrected chi connectivity index (χ4v) is 5.84. The third-order valence-corrected chi connectivity index (χ3v) is 7.71. The summed E-state index contributed by atoms with van der Waals surface area (Å²) in [6.45, 7) is 0.657. The van der Waals surface area contributed by atoms with E-state index in [4.69, 9.17) is 19.2 Å². The van der Waals surface area contributed by atoms with Gasteiger partial charge in [-0.25, -0.2) is 4.57 Å². The SMILES string of the molecule is COc1cc(CCc2ccc(C3=NCc4cc[s+](C)c4-n4cnnc43)cc2)cc(OC)c1OC. The molecule has 0 saturated heterocycles. The number of methoxy groups -OCH3 is 3. The second-order valence-electron chi connectivity index (χ2n) is 8.11. The molecule has 0 amide bonds. The topological polar surface area (TPSA) is 70.8 Å². The van der Waals surface area contributed by atoms with E-state index in [1.807, 2.05) is 12.1 Å². The normalized spacial score (nSPS) is 12.9. The molecule has 4 aromatic rings. The Balaban J connectivity index is 1.36. The van der Waals surface area contributed by atoms with Gasteiger partial charge in [-0.1, -0.05) is 24.3 Å². The Morgan fingerprint density at radius 1 is 0.912 bits per heavy atom. The number of benzene rings is 2. The molecule has 0 aliphatic carbocycles. The first-order chi connectivity index (χ1) is 16.6. The van der Waals surface area contributed by atoms with Crippen LogP contribution < -0.4 is 14.2 Å². The summed E-state index contributed by atoms with van der Waals surface area (Å²) < 4.78 is 18.5. The molecular weight excluding hydrogens is 448 g/mol. The van der Waals surface area contributed by atoms with Crippen molar-refractivity contribution in [3.63, 3.8) is 0 Å². The van der Waals surface area contributed by atoms with Crippen molar-refractivity contribution < 1.29 is 14.2 Å². The van der Waals surface area contributed by atoms with Crippen LogP contribution in [0.5, 0.6) is 17.2 Å². The summed E-state index contributed by atoms with van der Waals surface area (Å²) in [5, 5.41) is 12.1. The molecule has 1 unspecified atom stereocenters. The van der Waals surface area contributed by atoms with Crippen LogP contribution in [-0.4, -0.2) is 41.8 Å². The van der Waals surface area contributed by atoms with Crippen LogP contribution in [-0.2, 0) is 25.6 Å². The van der Waals surface area contributed by atoms with Crippen molar-refractivity contribution in [2.75, 3.05) is 21.3 Å². The van der Waals surface area contributed by atoms with Gasteiger partial charge in [-0.3, -0.25) is 4.99 Å². The molecule has 7 nitrogen and oxygen atoms in total. The largest absolute Gasteiger partial charge is 0.493 e. The fourth-order valence-electron chi connectivity index (χ4n) is 4.35. The molecule has 0 radical (unpaired) electrons. The van der Waals surface area contributed by atoms with E-state index in [2.05, 4.69) is 56.7 Å². The highest BCUT2D eigenvalue weighted by Gasteiger charge is 2.27. The predicted octanol–water partition coefficient (Wildman–Crippen LogP) is 4.72. The van der Waals surface area contributed by atoms with Crippen molar-refractivity contribution >= 4 is 16.2 Å². The van der Waals surface area contributed by atoms with Gasteiger partial charge in [0.15, 0.2) is 17.3 Å². The predicted molar refractivity (Wildman–Crippen MR) is 134 cm³/mol. The average molecular weight is 476 g/mol. The lowest BCUT2D eigenvalue weighted by Gasteiger charge is -2.14. The molecule has 1 atom stereocenters. The van der Waals surface area contributed by atoms with E-state index >= 15 is 0 Å². The smallest absolute Gasteiger partial charge is 0.259 e. The summed E-state index contributed by atoms with van der Waals surface area (Å²) in [5.41, 5.74) is 5.54. The van der Waals surface area contributed by atoms with Gasteiger partial charge < -0.3 is 14.2 Å². The van der Waals surface area contributed by atoms with Crippen LogP contribution in [0.2, 0.25) is 0 Å². The Hall–Kier alpha value is -3.65. The number of fused-ring (bicyclic) bond motifs is 3. The molecule has 1 aliphatic rings. The van der Waals surface area contributed by atoms with E-state index in [1.165, 1.54) is 16.1 Å². The molecule has 1 aliphatic heterocycles. The van der Waals surface area contributed by atoms with Gasteiger partial charge in [0.2, 0.25) is 5.75 Å². The zero-order valence-corrected chi connectivity index (χ0v) is 20.6. The van der Waals surface area contributed by atoms with Crippen molar-refractivity contribution in [1.82, 2.24) is 14.8 Å². The van der Waals surface area contributed by atoms with Gasteiger partial charge in [-0.15, -0.1) is 10.2 Å². The lowest BCUT2D eigenvalue weighted by molar-refractivity contribution is 0.324. The maximum Gasteiger partial charge on any atom is 0.259 e. The number of nitrogens with zero attached hydrogens (tertiary/aromatic N) is 4. The first kappa shape index (κ1) is 22.2. The molecule has 0 bridgehead atoms. The highest BCUT2D eigenvalue weighted by atomic mass is 32.2. The summed E-state index contributed by atoms with van der Waals surface area (Å²) >= 11 is 0. The molecule has 174 valence electrons. The summed E-state index contributed by atoms with van der Waals surface area (Å²) in [4.78, 5) is 4.91. The lowest BCUT2D eigenvalue weighted by Crippen LogP contribution is -2.10. The van der Waals surface area contributed by atoms with Crippen LogP contribution in [0, 0.1) is 0 Å². The van der Waals surface area contributed by atoms with E-state index in [0.717, 1.165) is 35.5 Å². The van der Waals surface area contributed by atoms with Crippen LogP contribution in [0.25, 0.3) is 5.00 Å². The van der Waals surface area contributed by atoms with Gasteiger partial charge in [0.25, 0.3) is 5.00 Å². The Morgan fingerprint density at radius 3 is 2.29 bits per heavy atom. The number of rotatable bonds is 7. The van der Waals surface area contributed by atoms with Gasteiger partial charge in [0, 0.05) is 11.6 Å². The maximum atomic E-state index is 5.48. The van der Waals surface area contributed by atoms with Gasteiger partial charge >= 0.3 is 0 Å². The van der Waals surface area contributed by atoms with Crippen molar-refractivity contribution in [2.24, 2.45) is 11.2 Å². The zero-order valence-electron chi connectivity index (χ0n) is 19.7. The van der Waals surface area contributed by atoms with Crippen molar-refractivity contribution in [3.8, 4) is 22.2 Å². The minimum atomic E-state index is 0.0395. The Labute approximate surface area is 201 Å². The van der Waals surface area contributed by atoms with Gasteiger partial charge in [0.1, 0.15) is 23.7 Å². The fraction of sp³-hybridized carbons (Fsp3) is 0.269. The van der Waals surface area contributed by atoms with E-state index in [1.54, 1.807) is 27.7 Å². The maximum absolute atomic E-state index is 5.48. The molecule has 2 aromatic carbocycles. The third kappa shape index (κ3) is 3.94. The number of ether oxygens (including phenoxy) is 3. The van der Waals surface area contributed by atoms with Crippen LogP contribution in [0.1, 0.15) is 28.1 Å². The molecule has 8 heteroatoms. The van der Waals surface area contributed by atoms with E-state index in [-0.39, 0.29) is 10.5 Å². The number of aliphatic imine (C=N–C) groups is 1. The van der Waals surface area contributed by atoms with Crippen LogP contribution in [0.4, 0.5) is 0 Å². The molecule has 0 spiro atoms. The third-order valence-electron chi connectivity index (χ3n) is 6.09. The van der Waals surface area contributed by atoms with Gasteiger partial charge in [-0.2, -0.15) is 0 Å². The zero-order chi connectivity index (χ0) is 23.7. The monoisotopic (exact) mass is 475 g/mol. The molecule has 0 fully saturated rings. The summed E-state index contributed by atoms with van der Waals surface area (Å²) in [5.74, 6) is 2.76. The van der Waals surface area contributed by atoms with Crippen molar-refractivity contribution in [2.45, 2.75) is 19.4 Å². The van der Waals surface area contributed by atoms with E-state index in [0.29, 0.717) is 23.8 Å². The first-order valence-corrected chi connectivity index (χ1v) is 12.7. The van der Waals surface area contributed by atoms with Crippen molar-refractivity contribution in [3.05, 3.63) is 82.3 Å². The van der Waals surface area contributed by atoms with Gasteiger partial charge in [-0.05, 0) is 46.6 Å². The number of thiophene rings is 1. The summed E-state index contributed by atoms with van der Waals surface area (Å²) in [7, 11) is 4.93. The molecule has 0 saturated carbocycles. The molecule has 3 heterocycles. The lowest BCUT2D eigenvalue weighted by atomic mass is 10.0. The van der Waals surface area contributed by atoms with Gasteiger partial charge in [0.05, 0.1) is 33.4 Å². The number of aromatic nitrogens is 3. The molecular formula is C26H27N4O3S+. The Kier molecular flexibility index (Phi) is 6.06. The molecule has 34 heavy (non-hydrogen) atoms. The summed E-state index contributed by atoms with van der Waals surface area (Å²) in [6.07, 6.45) is 5.76. The Bertz CT molecular complexity index is 1330. The van der Waals surface area contributed by atoms with Crippen LogP contribution >= 0.6 is 10.5 Å². The molecule has 5 rings (SSSR count). The summed E-state index contributed by atoms with van der Waals surface area (Å²) in [6, 6.07) is 14.8. The van der Waals surface area contributed by atoms with E-state index in [9.17, 15) is 0 Å². The number of hydrogen-bond acceptors (Lipinski definition) is 6. The number of aryl methyl sites for hydroxylation is 3. The minimum absolute atomic E-state index is 0.0395. The van der Waals surface area contributed by atoms with Crippen molar-refractivity contribution in [1.29, 1.82) is 0 Å². The standard InChI is InChI=1S/C26H27N4O3S/c1-31-21-13-18(14-22(32-2)24(21)33-3)6-5-17-7-9-19(10-8-17)23-25-29-28-16-30(25)26-20(15-27-23)11-12-34(26)4/h7-14,16H,5-6,15H2,1-4H3/q+1.